The predicted molar refractivity (Wildman–Crippen MR) is 98.0 cm³/mol. The molecule has 1 aliphatic rings. The number of aryl methyl sites for hydroxylation is 2. The van der Waals surface area contributed by atoms with E-state index >= 15 is 0 Å². The number of hydrogen-bond acceptors (Lipinski definition) is 6. The zero-order valence-corrected chi connectivity index (χ0v) is 15.0. The Labute approximate surface area is 151 Å². The van der Waals surface area contributed by atoms with Crippen molar-refractivity contribution in [2.24, 2.45) is 7.05 Å². The highest BCUT2D eigenvalue weighted by Gasteiger charge is 2.23. The van der Waals surface area contributed by atoms with Crippen LogP contribution >= 0.6 is 0 Å². The van der Waals surface area contributed by atoms with Gasteiger partial charge < -0.3 is 9.80 Å². The Balaban J connectivity index is 1.57. The molecule has 0 spiro atoms. The average Bonchev–Trinajstić information content (AvgIpc) is 2.88. The number of anilines is 1. The normalized spacial score (nSPS) is 15.3. The molecule has 8 heteroatoms. The molecule has 1 aliphatic heterocycles. The molecule has 8 nitrogen and oxygen atoms in total. The summed E-state index contributed by atoms with van der Waals surface area (Å²) in [5.41, 5.74) is 1.52. The minimum absolute atomic E-state index is 0.0552. The smallest absolute Gasteiger partial charge is 0.254 e. The molecular formula is C18H21N7O. The van der Waals surface area contributed by atoms with E-state index in [1.165, 1.54) is 0 Å². The maximum absolute atomic E-state index is 12.7. The van der Waals surface area contributed by atoms with Gasteiger partial charge in [0, 0.05) is 51.2 Å². The van der Waals surface area contributed by atoms with Gasteiger partial charge in [-0.3, -0.25) is 14.5 Å². The van der Waals surface area contributed by atoms with Crippen LogP contribution in [0.5, 0.6) is 0 Å². The summed E-state index contributed by atoms with van der Waals surface area (Å²) >= 11 is 0. The molecule has 134 valence electrons. The van der Waals surface area contributed by atoms with Gasteiger partial charge in [0.15, 0.2) is 5.65 Å². The first-order valence-corrected chi connectivity index (χ1v) is 8.74. The Hall–Kier alpha value is -3.03. The van der Waals surface area contributed by atoms with E-state index in [4.69, 9.17) is 0 Å². The standard InChI is InChI=1S/C18H21N7O/c1-13-21-16-15(12-20-23(16)2)17(22-13)24-8-3-9-25(11-10-24)18(26)14-4-6-19-7-5-14/h4-7,12H,3,8-11H2,1-2H3. The van der Waals surface area contributed by atoms with Crippen LogP contribution in [0.15, 0.2) is 30.7 Å². The van der Waals surface area contributed by atoms with Crippen molar-refractivity contribution in [2.75, 3.05) is 31.1 Å². The van der Waals surface area contributed by atoms with E-state index in [2.05, 4.69) is 25.0 Å². The van der Waals surface area contributed by atoms with Crippen molar-refractivity contribution in [1.82, 2.24) is 29.6 Å². The van der Waals surface area contributed by atoms with Crippen molar-refractivity contribution in [3.8, 4) is 0 Å². The lowest BCUT2D eigenvalue weighted by atomic mass is 10.2. The fourth-order valence-electron chi connectivity index (χ4n) is 3.36. The van der Waals surface area contributed by atoms with Crippen LogP contribution in [-0.2, 0) is 7.05 Å². The van der Waals surface area contributed by atoms with Gasteiger partial charge >= 0.3 is 0 Å². The number of aromatic nitrogens is 5. The SMILES string of the molecule is Cc1nc(N2CCCN(C(=O)c3ccncc3)CC2)c2cnn(C)c2n1. The Morgan fingerprint density at radius 3 is 2.69 bits per heavy atom. The molecule has 1 amide bonds. The van der Waals surface area contributed by atoms with Gasteiger partial charge in [0.1, 0.15) is 11.6 Å². The lowest BCUT2D eigenvalue weighted by Crippen LogP contribution is -2.35. The van der Waals surface area contributed by atoms with E-state index in [1.807, 2.05) is 25.1 Å². The molecule has 1 saturated heterocycles. The molecule has 4 heterocycles. The molecule has 4 rings (SSSR count). The minimum atomic E-state index is 0.0552. The second kappa shape index (κ2) is 6.70. The van der Waals surface area contributed by atoms with E-state index in [1.54, 1.807) is 29.2 Å². The maximum atomic E-state index is 12.7. The van der Waals surface area contributed by atoms with Crippen LogP contribution in [-0.4, -0.2) is 61.7 Å². The number of carbonyl (C=O) groups is 1. The Morgan fingerprint density at radius 2 is 1.88 bits per heavy atom. The van der Waals surface area contributed by atoms with Crippen LogP contribution < -0.4 is 4.90 Å². The first kappa shape index (κ1) is 16.4. The number of fused-ring (bicyclic) bond motifs is 1. The van der Waals surface area contributed by atoms with Gasteiger partial charge in [-0.1, -0.05) is 0 Å². The molecule has 1 fully saturated rings. The minimum Gasteiger partial charge on any atom is -0.354 e. The van der Waals surface area contributed by atoms with Crippen LogP contribution in [0.4, 0.5) is 5.82 Å². The van der Waals surface area contributed by atoms with Gasteiger partial charge in [-0.05, 0) is 25.5 Å². The molecule has 26 heavy (non-hydrogen) atoms. The molecule has 0 radical (unpaired) electrons. The molecule has 0 bridgehead atoms. The van der Waals surface area contributed by atoms with E-state index in [0.29, 0.717) is 12.1 Å². The van der Waals surface area contributed by atoms with Crippen molar-refractivity contribution >= 4 is 22.8 Å². The third-order valence-electron chi connectivity index (χ3n) is 4.69. The summed E-state index contributed by atoms with van der Waals surface area (Å²) < 4.78 is 1.77. The van der Waals surface area contributed by atoms with Crippen molar-refractivity contribution < 1.29 is 4.79 Å². The lowest BCUT2D eigenvalue weighted by molar-refractivity contribution is 0.0767. The first-order valence-electron chi connectivity index (χ1n) is 8.74. The molecule has 0 saturated carbocycles. The van der Waals surface area contributed by atoms with Crippen LogP contribution in [0.2, 0.25) is 0 Å². The summed E-state index contributed by atoms with van der Waals surface area (Å²) in [6, 6.07) is 3.52. The quantitative estimate of drug-likeness (QED) is 0.695. The summed E-state index contributed by atoms with van der Waals surface area (Å²) in [5, 5.41) is 5.27. The second-order valence-corrected chi connectivity index (χ2v) is 6.47. The van der Waals surface area contributed by atoms with Crippen molar-refractivity contribution in [3.63, 3.8) is 0 Å². The van der Waals surface area contributed by atoms with Gasteiger partial charge in [-0.2, -0.15) is 5.10 Å². The molecule has 0 aromatic carbocycles. The third-order valence-corrected chi connectivity index (χ3v) is 4.69. The summed E-state index contributed by atoms with van der Waals surface area (Å²) in [4.78, 5) is 30.0. The Morgan fingerprint density at radius 1 is 1.08 bits per heavy atom. The number of hydrogen-bond donors (Lipinski definition) is 0. The number of nitrogens with zero attached hydrogens (tertiary/aromatic N) is 7. The van der Waals surface area contributed by atoms with Crippen molar-refractivity contribution in [1.29, 1.82) is 0 Å². The number of pyridine rings is 1. The predicted octanol–water partition coefficient (Wildman–Crippen LogP) is 1.42. The van der Waals surface area contributed by atoms with Crippen LogP contribution in [0.25, 0.3) is 11.0 Å². The van der Waals surface area contributed by atoms with E-state index in [9.17, 15) is 4.79 Å². The van der Waals surface area contributed by atoms with E-state index < -0.39 is 0 Å². The first-order chi connectivity index (χ1) is 12.6. The molecule has 3 aromatic rings. The largest absolute Gasteiger partial charge is 0.354 e. The summed E-state index contributed by atoms with van der Waals surface area (Å²) in [6.07, 6.45) is 6.01. The maximum Gasteiger partial charge on any atom is 0.254 e. The highest BCUT2D eigenvalue weighted by Crippen LogP contribution is 2.24. The highest BCUT2D eigenvalue weighted by atomic mass is 16.2. The number of carbonyl (C=O) groups excluding carboxylic acids is 1. The monoisotopic (exact) mass is 351 g/mol. The topological polar surface area (TPSA) is 80.0 Å². The number of amides is 1. The summed E-state index contributed by atoms with van der Waals surface area (Å²) in [6.45, 7) is 4.87. The zero-order chi connectivity index (χ0) is 18.1. The Bertz CT molecular complexity index is 937. The van der Waals surface area contributed by atoms with Gasteiger partial charge in [-0.15, -0.1) is 0 Å². The fraction of sp³-hybridized carbons (Fsp3) is 0.389. The van der Waals surface area contributed by atoms with Gasteiger partial charge in [0.25, 0.3) is 5.91 Å². The van der Waals surface area contributed by atoms with Crippen LogP contribution in [0.3, 0.4) is 0 Å². The van der Waals surface area contributed by atoms with Crippen molar-refractivity contribution in [2.45, 2.75) is 13.3 Å². The lowest BCUT2D eigenvalue weighted by Gasteiger charge is -2.23. The van der Waals surface area contributed by atoms with Crippen LogP contribution in [0, 0.1) is 6.92 Å². The molecule has 0 atom stereocenters. The summed E-state index contributed by atoms with van der Waals surface area (Å²) in [5.74, 6) is 1.68. The van der Waals surface area contributed by atoms with Crippen molar-refractivity contribution in [3.05, 3.63) is 42.1 Å². The van der Waals surface area contributed by atoms with Gasteiger partial charge in [-0.25, -0.2) is 9.97 Å². The molecule has 0 aliphatic carbocycles. The number of rotatable bonds is 2. The van der Waals surface area contributed by atoms with Gasteiger partial charge in [0.05, 0.1) is 11.6 Å². The molecule has 0 N–H and O–H groups in total. The van der Waals surface area contributed by atoms with E-state index in [0.717, 1.165) is 48.7 Å². The van der Waals surface area contributed by atoms with Crippen LogP contribution in [0.1, 0.15) is 22.6 Å². The molecular weight excluding hydrogens is 330 g/mol. The average molecular weight is 351 g/mol. The Kier molecular flexibility index (Phi) is 4.24. The van der Waals surface area contributed by atoms with Gasteiger partial charge in [0.2, 0.25) is 0 Å². The molecule has 0 unspecified atom stereocenters. The fourth-order valence-corrected chi connectivity index (χ4v) is 3.36. The highest BCUT2D eigenvalue weighted by molar-refractivity contribution is 5.94. The summed E-state index contributed by atoms with van der Waals surface area (Å²) in [7, 11) is 1.89. The third kappa shape index (κ3) is 2.98. The molecule has 3 aromatic heterocycles. The zero-order valence-electron chi connectivity index (χ0n) is 15.0. The second-order valence-electron chi connectivity index (χ2n) is 6.47. The van der Waals surface area contributed by atoms with E-state index in [-0.39, 0.29) is 5.91 Å².